The van der Waals surface area contributed by atoms with Crippen LogP contribution in [0.4, 0.5) is 0 Å². The van der Waals surface area contributed by atoms with Gasteiger partial charge in [0.25, 0.3) is 0 Å². The van der Waals surface area contributed by atoms with E-state index in [1.54, 1.807) is 0 Å². The van der Waals surface area contributed by atoms with Crippen LogP contribution in [-0.2, 0) is 14.4 Å². The standard InChI is InChI=1S/C9H11N3O5S/c1-4(18-12-17)7-9(16)10-5(8(15)11-7)2-3-6(13)14/h5,7H,1-3H2,(H,10,16)(H,11,15)(H,13,14)/t5-,7+/m1/s1. The first-order valence-electron chi connectivity index (χ1n) is 4.96. The third kappa shape index (κ3) is 3.55. The first-order chi connectivity index (χ1) is 8.45. The molecule has 8 nitrogen and oxygen atoms in total. The maximum absolute atomic E-state index is 11.6. The smallest absolute Gasteiger partial charge is 0.303 e. The van der Waals surface area contributed by atoms with Crippen molar-refractivity contribution in [2.24, 2.45) is 4.58 Å². The van der Waals surface area contributed by atoms with E-state index in [-0.39, 0.29) is 17.7 Å². The minimum absolute atomic E-state index is 0.00514. The number of nitrogens with one attached hydrogen (secondary N) is 2. The monoisotopic (exact) mass is 273 g/mol. The third-order valence-electron chi connectivity index (χ3n) is 2.31. The molecule has 2 amide bonds. The Bertz CT molecular complexity index is 411. The van der Waals surface area contributed by atoms with E-state index in [2.05, 4.69) is 21.8 Å². The van der Waals surface area contributed by atoms with Gasteiger partial charge in [0.15, 0.2) is 0 Å². The van der Waals surface area contributed by atoms with Gasteiger partial charge in [-0.3, -0.25) is 14.4 Å². The van der Waals surface area contributed by atoms with Crippen LogP contribution < -0.4 is 10.6 Å². The quantitative estimate of drug-likeness (QED) is 0.453. The number of rotatable bonds is 6. The summed E-state index contributed by atoms with van der Waals surface area (Å²) in [6.07, 6.45) is -0.222. The van der Waals surface area contributed by atoms with Crippen molar-refractivity contribution in [1.29, 1.82) is 0 Å². The molecule has 9 heteroatoms. The number of carbonyl (C=O) groups excluding carboxylic acids is 2. The molecule has 0 spiro atoms. The van der Waals surface area contributed by atoms with Crippen molar-refractivity contribution in [3.63, 3.8) is 0 Å². The number of carbonyl (C=O) groups is 3. The van der Waals surface area contributed by atoms with Gasteiger partial charge in [-0.05, 0) is 6.42 Å². The summed E-state index contributed by atoms with van der Waals surface area (Å²) < 4.78 is 2.51. The van der Waals surface area contributed by atoms with Crippen molar-refractivity contribution in [3.05, 3.63) is 16.4 Å². The summed E-state index contributed by atoms with van der Waals surface area (Å²) in [5.74, 6) is -2.09. The lowest BCUT2D eigenvalue weighted by Crippen LogP contribution is -2.61. The summed E-state index contributed by atoms with van der Waals surface area (Å²) in [7, 11) is 0. The fourth-order valence-corrected chi connectivity index (χ4v) is 1.79. The summed E-state index contributed by atoms with van der Waals surface area (Å²) in [5.41, 5.74) is 0. The summed E-state index contributed by atoms with van der Waals surface area (Å²) in [5, 5.41) is 13.2. The largest absolute Gasteiger partial charge is 0.481 e. The number of amides is 2. The van der Waals surface area contributed by atoms with Crippen LogP contribution >= 0.6 is 11.9 Å². The molecule has 98 valence electrons. The van der Waals surface area contributed by atoms with E-state index in [0.29, 0.717) is 11.9 Å². The van der Waals surface area contributed by atoms with Crippen molar-refractivity contribution in [2.45, 2.75) is 24.9 Å². The molecule has 1 aliphatic rings. The molecule has 2 atom stereocenters. The van der Waals surface area contributed by atoms with Crippen molar-refractivity contribution in [2.75, 3.05) is 0 Å². The van der Waals surface area contributed by atoms with E-state index < -0.39 is 29.9 Å². The van der Waals surface area contributed by atoms with Crippen LogP contribution in [0.15, 0.2) is 16.1 Å². The number of carboxylic acid groups (broad SMARTS) is 1. The van der Waals surface area contributed by atoms with Gasteiger partial charge >= 0.3 is 5.97 Å². The summed E-state index contributed by atoms with van der Waals surface area (Å²) >= 11 is 0.468. The Balaban J connectivity index is 2.62. The fraction of sp³-hybridized carbons (Fsp3) is 0.444. The Labute approximate surface area is 106 Å². The first kappa shape index (κ1) is 14.2. The molecular formula is C9H11N3O5S. The second-order valence-electron chi connectivity index (χ2n) is 3.57. The summed E-state index contributed by atoms with van der Waals surface area (Å²) in [6.45, 7) is 3.45. The van der Waals surface area contributed by atoms with Gasteiger partial charge in [0.2, 0.25) is 11.8 Å². The Hall–Kier alpha value is -1.90. The Morgan fingerprint density at radius 3 is 2.61 bits per heavy atom. The predicted octanol–water partition coefficient (Wildman–Crippen LogP) is -0.237. The average molecular weight is 273 g/mol. The van der Waals surface area contributed by atoms with Gasteiger partial charge in [0, 0.05) is 15.9 Å². The maximum atomic E-state index is 11.6. The molecule has 1 heterocycles. The third-order valence-corrected chi connectivity index (χ3v) is 2.85. The number of hydrogen-bond donors (Lipinski definition) is 3. The minimum Gasteiger partial charge on any atom is -0.481 e. The van der Waals surface area contributed by atoms with E-state index in [1.807, 2.05) is 0 Å². The maximum Gasteiger partial charge on any atom is 0.303 e. The highest BCUT2D eigenvalue weighted by molar-refractivity contribution is 8.01. The number of nitrogens with zero attached hydrogens (tertiary/aromatic N) is 1. The van der Waals surface area contributed by atoms with Crippen LogP contribution in [0.25, 0.3) is 0 Å². The number of aliphatic carboxylic acids is 1. The molecule has 3 N–H and O–H groups in total. The van der Waals surface area contributed by atoms with Crippen molar-refractivity contribution < 1.29 is 19.5 Å². The number of nitroso groups, excluding NO2 is 1. The molecule has 0 aromatic heterocycles. The van der Waals surface area contributed by atoms with E-state index in [4.69, 9.17) is 5.11 Å². The second-order valence-corrected chi connectivity index (χ2v) is 4.42. The molecule has 1 saturated heterocycles. The van der Waals surface area contributed by atoms with Crippen molar-refractivity contribution in [1.82, 2.24) is 10.6 Å². The Kier molecular flexibility index (Phi) is 4.84. The molecule has 0 unspecified atom stereocenters. The van der Waals surface area contributed by atoms with Gasteiger partial charge in [0.1, 0.15) is 12.1 Å². The number of hydrogen-bond acceptors (Lipinski definition) is 6. The molecule has 0 radical (unpaired) electrons. The molecule has 0 saturated carbocycles. The lowest BCUT2D eigenvalue weighted by molar-refractivity contribution is -0.139. The van der Waals surface area contributed by atoms with Gasteiger partial charge in [-0.1, -0.05) is 6.58 Å². The van der Waals surface area contributed by atoms with E-state index in [1.165, 1.54) is 0 Å². The molecule has 1 aliphatic heterocycles. The van der Waals surface area contributed by atoms with Gasteiger partial charge in [-0.2, -0.15) is 0 Å². The highest BCUT2D eigenvalue weighted by Crippen LogP contribution is 2.20. The molecule has 1 rings (SSSR count). The summed E-state index contributed by atoms with van der Waals surface area (Å²) in [6, 6.07) is -1.91. The number of piperazine rings is 1. The first-order valence-corrected chi connectivity index (χ1v) is 5.74. The lowest BCUT2D eigenvalue weighted by Gasteiger charge is -2.29. The highest BCUT2D eigenvalue weighted by atomic mass is 32.2. The van der Waals surface area contributed by atoms with Crippen molar-refractivity contribution in [3.8, 4) is 0 Å². The van der Waals surface area contributed by atoms with Crippen LogP contribution in [0.2, 0.25) is 0 Å². The SMILES string of the molecule is C=C(SN=O)[C@@H]1NC(=O)[C@@H](CCC(=O)O)NC1=O. The van der Waals surface area contributed by atoms with Crippen LogP contribution in [0.3, 0.4) is 0 Å². The lowest BCUT2D eigenvalue weighted by atomic mass is 10.1. The molecule has 0 aromatic carbocycles. The van der Waals surface area contributed by atoms with E-state index in [9.17, 15) is 19.3 Å². The van der Waals surface area contributed by atoms with Gasteiger partial charge in [-0.15, -0.1) is 4.91 Å². The molecule has 18 heavy (non-hydrogen) atoms. The van der Waals surface area contributed by atoms with Gasteiger partial charge < -0.3 is 15.7 Å². The second kappa shape index (κ2) is 6.15. The Morgan fingerprint density at radius 2 is 2.06 bits per heavy atom. The predicted molar refractivity (Wildman–Crippen MR) is 63.3 cm³/mol. The zero-order valence-corrected chi connectivity index (χ0v) is 10.0. The molecular weight excluding hydrogens is 262 g/mol. The zero-order chi connectivity index (χ0) is 13.7. The van der Waals surface area contributed by atoms with Crippen LogP contribution in [0.1, 0.15) is 12.8 Å². The van der Waals surface area contributed by atoms with E-state index >= 15 is 0 Å². The zero-order valence-electron chi connectivity index (χ0n) is 9.21. The fourth-order valence-electron chi connectivity index (χ4n) is 1.43. The average Bonchev–Trinajstić information content (AvgIpc) is 2.29. The highest BCUT2D eigenvalue weighted by Gasteiger charge is 2.35. The van der Waals surface area contributed by atoms with E-state index in [0.717, 1.165) is 0 Å². The Morgan fingerprint density at radius 1 is 1.39 bits per heavy atom. The summed E-state index contributed by atoms with van der Waals surface area (Å²) in [4.78, 5) is 43.7. The van der Waals surface area contributed by atoms with Crippen molar-refractivity contribution >= 4 is 29.7 Å². The van der Waals surface area contributed by atoms with Gasteiger partial charge in [0.05, 0.1) is 11.9 Å². The topological polar surface area (TPSA) is 125 Å². The van der Waals surface area contributed by atoms with Gasteiger partial charge in [-0.25, -0.2) is 0 Å². The van der Waals surface area contributed by atoms with Crippen LogP contribution in [-0.4, -0.2) is 35.0 Å². The molecule has 1 fully saturated rings. The number of carboxylic acids is 1. The normalized spacial score (nSPS) is 22.9. The molecule has 0 aromatic rings. The minimum atomic E-state index is -1.05. The molecule has 0 bridgehead atoms. The molecule has 0 aliphatic carbocycles. The van der Waals surface area contributed by atoms with Crippen LogP contribution in [0.5, 0.6) is 0 Å². The van der Waals surface area contributed by atoms with Crippen LogP contribution in [0, 0.1) is 4.91 Å².